The van der Waals surface area contributed by atoms with Gasteiger partial charge in [-0.3, -0.25) is 4.79 Å². The summed E-state index contributed by atoms with van der Waals surface area (Å²) in [6.45, 7) is 2.15. The van der Waals surface area contributed by atoms with Gasteiger partial charge in [0.1, 0.15) is 0 Å². The van der Waals surface area contributed by atoms with E-state index < -0.39 is 0 Å². The zero-order chi connectivity index (χ0) is 8.72. The molecule has 12 heavy (non-hydrogen) atoms. The van der Waals surface area contributed by atoms with Crippen molar-refractivity contribution in [1.29, 1.82) is 0 Å². The van der Waals surface area contributed by atoms with Gasteiger partial charge in [-0.1, -0.05) is 6.92 Å². The van der Waals surface area contributed by atoms with Crippen molar-refractivity contribution in [2.75, 3.05) is 5.73 Å². The first-order chi connectivity index (χ1) is 5.68. The maximum Gasteiger partial charge on any atom is 0.173 e. The number of thiophene rings is 1. The van der Waals surface area contributed by atoms with Crippen LogP contribution < -0.4 is 5.73 Å². The van der Waals surface area contributed by atoms with Gasteiger partial charge in [-0.15, -0.1) is 11.3 Å². The third-order valence-electron chi connectivity index (χ3n) is 2.37. The summed E-state index contributed by atoms with van der Waals surface area (Å²) in [7, 11) is 0. The van der Waals surface area contributed by atoms with Gasteiger partial charge in [-0.05, 0) is 24.0 Å². The Kier molecular flexibility index (Phi) is 1.68. The van der Waals surface area contributed by atoms with Crippen molar-refractivity contribution in [3.05, 3.63) is 16.5 Å². The van der Waals surface area contributed by atoms with E-state index in [1.807, 2.05) is 6.07 Å². The summed E-state index contributed by atoms with van der Waals surface area (Å²) < 4.78 is 0. The van der Waals surface area contributed by atoms with Crippen molar-refractivity contribution in [2.45, 2.75) is 25.7 Å². The van der Waals surface area contributed by atoms with Gasteiger partial charge in [0.05, 0.1) is 9.88 Å². The summed E-state index contributed by atoms with van der Waals surface area (Å²) in [5.74, 6) is 0.774. The Balaban J connectivity index is 2.54. The van der Waals surface area contributed by atoms with Crippen molar-refractivity contribution >= 4 is 22.1 Å². The second kappa shape index (κ2) is 2.59. The lowest BCUT2D eigenvalue weighted by Crippen LogP contribution is -2.10. The van der Waals surface area contributed by atoms with Crippen LogP contribution in [-0.4, -0.2) is 5.78 Å². The smallest absolute Gasteiger partial charge is 0.173 e. The van der Waals surface area contributed by atoms with Crippen LogP contribution in [0.4, 0.5) is 5.00 Å². The van der Waals surface area contributed by atoms with Crippen LogP contribution in [0.5, 0.6) is 0 Å². The minimum atomic E-state index is 0.268. The number of carbonyl (C=O) groups excluding carboxylic acids is 1. The molecule has 0 aliphatic heterocycles. The largest absolute Gasteiger partial charge is 0.391 e. The molecule has 0 fully saturated rings. The quantitative estimate of drug-likeness (QED) is 0.668. The highest BCUT2D eigenvalue weighted by atomic mass is 32.1. The van der Waals surface area contributed by atoms with Crippen LogP contribution in [0.25, 0.3) is 0 Å². The van der Waals surface area contributed by atoms with E-state index >= 15 is 0 Å². The molecule has 1 heterocycles. The minimum Gasteiger partial charge on any atom is -0.391 e. The molecule has 0 spiro atoms. The Labute approximate surface area is 75.4 Å². The number of rotatable bonds is 0. The minimum absolute atomic E-state index is 0.268. The topological polar surface area (TPSA) is 43.1 Å². The van der Waals surface area contributed by atoms with Crippen molar-refractivity contribution < 1.29 is 4.79 Å². The lowest BCUT2D eigenvalue weighted by molar-refractivity contribution is 0.0972. The van der Waals surface area contributed by atoms with Crippen LogP contribution in [0.2, 0.25) is 0 Å². The van der Waals surface area contributed by atoms with Gasteiger partial charge in [0.15, 0.2) is 5.78 Å². The van der Waals surface area contributed by atoms with Crippen molar-refractivity contribution in [3.63, 3.8) is 0 Å². The number of fused-ring (bicyclic) bond motifs is 1. The molecule has 0 amide bonds. The molecule has 0 saturated heterocycles. The summed E-state index contributed by atoms with van der Waals surface area (Å²) in [6, 6.07) is 1.95. The SMILES string of the molecule is CC1CCC(=O)c2sc(N)cc21. The van der Waals surface area contributed by atoms with Crippen LogP contribution in [0.3, 0.4) is 0 Å². The Morgan fingerprint density at radius 1 is 1.67 bits per heavy atom. The van der Waals surface area contributed by atoms with Crippen molar-refractivity contribution in [3.8, 4) is 0 Å². The van der Waals surface area contributed by atoms with Crippen molar-refractivity contribution in [2.24, 2.45) is 0 Å². The van der Waals surface area contributed by atoms with Crippen LogP contribution in [0.15, 0.2) is 6.07 Å². The first-order valence-corrected chi connectivity index (χ1v) is 4.92. The molecular formula is C9H11NOS. The van der Waals surface area contributed by atoms with Gasteiger partial charge in [-0.25, -0.2) is 0 Å². The van der Waals surface area contributed by atoms with Gasteiger partial charge in [0, 0.05) is 6.42 Å². The maximum absolute atomic E-state index is 11.4. The number of Topliss-reactive ketones (excluding diaryl/α,β-unsaturated/α-hetero) is 1. The number of hydrogen-bond donors (Lipinski definition) is 1. The molecule has 1 aliphatic rings. The molecular weight excluding hydrogens is 170 g/mol. The number of hydrogen-bond acceptors (Lipinski definition) is 3. The average Bonchev–Trinajstić information content (AvgIpc) is 2.41. The summed E-state index contributed by atoms with van der Waals surface area (Å²) >= 11 is 1.43. The highest BCUT2D eigenvalue weighted by molar-refractivity contribution is 7.18. The van der Waals surface area contributed by atoms with E-state index in [4.69, 9.17) is 5.73 Å². The fraction of sp³-hybridized carbons (Fsp3) is 0.444. The van der Waals surface area contributed by atoms with E-state index in [-0.39, 0.29) is 5.78 Å². The van der Waals surface area contributed by atoms with E-state index in [0.29, 0.717) is 12.3 Å². The molecule has 1 atom stereocenters. The van der Waals surface area contributed by atoms with Crippen LogP contribution in [-0.2, 0) is 0 Å². The van der Waals surface area contributed by atoms with Gasteiger partial charge >= 0.3 is 0 Å². The molecule has 0 saturated carbocycles. The molecule has 1 aromatic rings. The van der Waals surface area contributed by atoms with Crippen LogP contribution in [0.1, 0.15) is 40.9 Å². The third kappa shape index (κ3) is 1.05. The monoisotopic (exact) mass is 181 g/mol. The summed E-state index contributed by atoms with van der Waals surface area (Å²) in [5.41, 5.74) is 6.81. The molecule has 3 heteroatoms. The van der Waals surface area contributed by atoms with E-state index in [2.05, 4.69) is 6.92 Å². The Morgan fingerprint density at radius 3 is 3.08 bits per heavy atom. The maximum atomic E-state index is 11.4. The lowest BCUT2D eigenvalue weighted by atomic mass is 9.89. The predicted molar refractivity (Wildman–Crippen MR) is 50.7 cm³/mol. The first kappa shape index (κ1) is 7.80. The molecule has 1 aromatic heterocycles. The van der Waals surface area contributed by atoms with Crippen molar-refractivity contribution in [1.82, 2.24) is 0 Å². The fourth-order valence-electron chi connectivity index (χ4n) is 1.63. The molecule has 0 radical (unpaired) electrons. The molecule has 0 bridgehead atoms. The van der Waals surface area contributed by atoms with E-state index in [1.54, 1.807) is 0 Å². The fourth-order valence-corrected chi connectivity index (χ4v) is 2.64. The highest BCUT2D eigenvalue weighted by Gasteiger charge is 2.24. The predicted octanol–water partition coefficient (Wildman–Crippen LogP) is 2.41. The van der Waals surface area contributed by atoms with E-state index in [9.17, 15) is 4.79 Å². The number of nitrogen functional groups attached to an aromatic ring is 1. The summed E-state index contributed by atoms with van der Waals surface area (Å²) in [4.78, 5) is 12.3. The zero-order valence-electron chi connectivity index (χ0n) is 6.96. The van der Waals surface area contributed by atoms with Crippen LogP contribution in [0, 0.1) is 0 Å². The lowest BCUT2D eigenvalue weighted by Gasteiger charge is -2.16. The summed E-state index contributed by atoms with van der Waals surface area (Å²) in [6.07, 6.45) is 1.66. The molecule has 1 unspecified atom stereocenters. The number of anilines is 1. The second-order valence-electron chi connectivity index (χ2n) is 3.30. The summed E-state index contributed by atoms with van der Waals surface area (Å²) in [5, 5.41) is 0.766. The van der Waals surface area contributed by atoms with Gasteiger partial charge in [-0.2, -0.15) is 0 Å². The van der Waals surface area contributed by atoms with Crippen LogP contribution >= 0.6 is 11.3 Å². The van der Waals surface area contributed by atoms with E-state index in [1.165, 1.54) is 11.3 Å². The molecule has 2 rings (SSSR count). The van der Waals surface area contributed by atoms with Gasteiger partial charge in [0.2, 0.25) is 0 Å². The molecule has 0 aromatic carbocycles. The molecule has 2 nitrogen and oxygen atoms in total. The molecule has 2 N–H and O–H groups in total. The Morgan fingerprint density at radius 2 is 2.42 bits per heavy atom. The Hall–Kier alpha value is -0.830. The number of nitrogens with two attached hydrogens (primary N) is 1. The highest BCUT2D eigenvalue weighted by Crippen LogP contribution is 2.37. The molecule has 1 aliphatic carbocycles. The van der Waals surface area contributed by atoms with Gasteiger partial charge < -0.3 is 5.73 Å². The average molecular weight is 181 g/mol. The third-order valence-corrected chi connectivity index (χ3v) is 3.39. The first-order valence-electron chi connectivity index (χ1n) is 4.11. The Bertz CT molecular complexity index is 329. The number of ketones is 1. The zero-order valence-corrected chi connectivity index (χ0v) is 7.78. The van der Waals surface area contributed by atoms with E-state index in [0.717, 1.165) is 21.9 Å². The number of carbonyl (C=O) groups is 1. The second-order valence-corrected chi connectivity index (χ2v) is 4.38. The normalized spacial score (nSPS) is 22.4. The standard InChI is InChI=1S/C9H11NOS/c1-5-2-3-7(11)9-6(5)4-8(10)12-9/h4-5H,2-3,10H2,1H3. The van der Waals surface area contributed by atoms with Gasteiger partial charge in [0.25, 0.3) is 0 Å². The molecule has 64 valence electrons.